The van der Waals surface area contributed by atoms with Crippen LogP contribution in [0.5, 0.6) is 5.75 Å². The molecule has 0 unspecified atom stereocenters. The summed E-state index contributed by atoms with van der Waals surface area (Å²) in [6.07, 6.45) is 0. The number of hydrogen-bond donors (Lipinski definition) is 1. The molecule has 0 amide bonds. The third-order valence-corrected chi connectivity index (χ3v) is 1.82. The van der Waals surface area contributed by atoms with Crippen LogP contribution in [0.15, 0.2) is 29.3 Å². The van der Waals surface area contributed by atoms with E-state index in [1.807, 2.05) is 24.3 Å². The zero-order valence-corrected chi connectivity index (χ0v) is 6.53. The van der Waals surface area contributed by atoms with E-state index in [2.05, 4.69) is 4.99 Å². The summed E-state index contributed by atoms with van der Waals surface area (Å²) in [5.41, 5.74) is 1.82. The first-order valence-electron chi connectivity index (χ1n) is 3.78. The Morgan fingerprint density at radius 1 is 1.42 bits per heavy atom. The first-order valence-corrected chi connectivity index (χ1v) is 3.78. The van der Waals surface area contributed by atoms with Gasteiger partial charge < -0.3 is 9.84 Å². The molecule has 1 heterocycles. The van der Waals surface area contributed by atoms with Crippen LogP contribution in [0.4, 0.5) is 0 Å². The maximum absolute atomic E-state index is 8.61. The van der Waals surface area contributed by atoms with Crippen molar-refractivity contribution >= 4 is 5.71 Å². The van der Waals surface area contributed by atoms with Crippen LogP contribution in [0, 0.1) is 0 Å². The van der Waals surface area contributed by atoms with Gasteiger partial charge in [0, 0.05) is 5.56 Å². The third-order valence-electron chi connectivity index (χ3n) is 1.82. The molecule has 2 rings (SSSR count). The quantitative estimate of drug-likeness (QED) is 0.665. The lowest BCUT2D eigenvalue weighted by Gasteiger charge is -1.93. The van der Waals surface area contributed by atoms with E-state index in [0.717, 1.165) is 17.0 Å². The molecule has 0 aromatic heterocycles. The summed E-state index contributed by atoms with van der Waals surface area (Å²) in [5, 5.41) is 8.61. The van der Waals surface area contributed by atoms with Crippen molar-refractivity contribution in [3.05, 3.63) is 29.8 Å². The van der Waals surface area contributed by atoms with Gasteiger partial charge in [-0.15, -0.1) is 0 Å². The fourth-order valence-corrected chi connectivity index (χ4v) is 1.27. The smallest absolute Gasteiger partial charge is 0.134 e. The molecule has 0 saturated heterocycles. The van der Waals surface area contributed by atoms with Crippen molar-refractivity contribution in [2.75, 3.05) is 13.3 Å². The summed E-state index contributed by atoms with van der Waals surface area (Å²) >= 11 is 0. The van der Waals surface area contributed by atoms with Crippen molar-refractivity contribution < 1.29 is 9.84 Å². The van der Waals surface area contributed by atoms with Gasteiger partial charge in [-0.2, -0.15) is 0 Å². The van der Waals surface area contributed by atoms with Gasteiger partial charge in [0.15, 0.2) is 0 Å². The Morgan fingerprint density at radius 2 is 2.25 bits per heavy atom. The zero-order chi connectivity index (χ0) is 8.39. The van der Waals surface area contributed by atoms with Crippen molar-refractivity contribution in [2.45, 2.75) is 0 Å². The van der Waals surface area contributed by atoms with Crippen LogP contribution in [0.25, 0.3) is 0 Å². The summed E-state index contributed by atoms with van der Waals surface area (Å²) in [6.45, 7) is 0.299. The number of aliphatic hydroxyl groups excluding tert-OH is 1. The number of ether oxygens (including phenoxy) is 1. The average Bonchev–Trinajstić information content (AvgIpc) is 2.50. The van der Waals surface area contributed by atoms with Crippen LogP contribution in [0.1, 0.15) is 5.56 Å². The predicted molar refractivity (Wildman–Crippen MR) is 45.6 cm³/mol. The molecule has 1 aliphatic rings. The molecule has 0 atom stereocenters. The Kier molecular flexibility index (Phi) is 1.80. The molecule has 62 valence electrons. The van der Waals surface area contributed by atoms with Gasteiger partial charge >= 0.3 is 0 Å². The van der Waals surface area contributed by atoms with Crippen molar-refractivity contribution in [1.29, 1.82) is 0 Å². The highest BCUT2D eigenvalue weighted by Gasteiger charge is 2.17. The summed E-state index contributed by atoms with van der Waals surface area (Å²) in [4.78, 5) is 3.91. The maximum atomic E-state index is 8.61. The monoisotopic (exact) mass is 163 g/mol. The number of benzene rings is 1. The molecule has 0 fully saturated rings. The minimum Gasteiger partial charge on any atom is -0.487 e. The second kappa shape index (κ2) is 2.95. The molecule has 1 aliphatic heterocycles. The van der Waals surface area contributed by atoms with Crippen LogP contribution < -0.4 is 4.74 Å². The topological polar surface area (TPSA) is 41.8 Å². The van der Waals surface area contributed by atoms with Gasteiger partial charge in [0.25, 0.3) is 0 Å². The Balaban J connectivity index is 2.43. The molecule has 12 heavy (non-hydrogen) atoms. The summed E-state index contributed by atoms with van der Waals surface area (Å²) in [6, 6.07) is 7.69. The Hall–Kier alpha value is -1.35. The SMILES string of the molecule is OC/N=C1\COc2ccccc21. The van der Waals surface area contributed by atoms with Crippen LogP contribution in [-0.2, 0) is 0 Å². The number of hydrogen-bond acceptors (Lipinski definition) is 3. The van der Waals surface area contributed by atoms with Crippen LogP contribution in [0.2, 0.25) is 0 Å². The molecular weight excluding hydrogens is 154 g/mol. The lowest BCUT2D eigenvalue weighted by Crippen LogP contribution is -2.03. The normalized spacial score (nSPS) is 17.6. The van der Waals surface area contributed by atoms with E-state index in [-0.39, 0.29) is 6.73 Å². The number of fused-ring (bicyclic) bond motifs is 1. The molecule has 1 aromatic rings. The fraction of sp³-hybridized carbons (Fsp3) is 0.222. The standard InChI is InChI=1S/C9H9NO2/c11-6-10-8-5-12-9-4-2-1-3-7(8)9/h1-4,11H,5-6H2/b10-8+. The molecule has 0 aliphatic carbocycles. The number of aliphatic hydroxyl groups is 1. The molecule has 0 bridgehead atoms. The first kappa shape index (κ1) is 7.31. The first-order chi connectivity index (χ1) is 5.92. The van der Waals surface area contributed by atoms with E-state index in [0.29, 0.717) is 6.61 Å². The molecule has 0 radical (unpaired) electrons. The van der Waals surface area contributed by atoms with Crippen molar-refractivity contribution in [2.24, 2.45) is 4.99 Å². The minimum atomic E-state index is -0.174. The van der Waals surface area contributed by atoms with Gasteiger partial charge in [0.1, 0.15) is 19.1 Å². The zero-order valence-electron chi connectivity index (χ0n) is 6.53. The minimum absolute atomic E-state index is 0.174. The van der Waals surface area contributed by atoms with Crippen molar-refractivity contribution in [1.82, 2.24) is 0 Å². The van der Waals surface area contributed by atoms with Crippen LogP contribution in [0.3, 0.4) is 0 Å². The van der Waals surface area contributed by atoms with Gasteiger partial charge in [0.05, 0.1) is 5.71 Å². The number of nitrogens with zero attached hydrogens (tertiary/aromatic N) is 1. The predicted octanol–water partition coefficient (Wildman–Crippen LogP) is 0.818. The second-order valence-corrected chi connectivity index (χ2v) is 2.53. The van der Waals surface area contributed by atoms with Crippen molar-refractivity contribution in [3.8, 4) is 5.75 Å². The van der Waals surface area contributed by atoms with E-state index in [9.17, 15) is 0 Å². The van der Waals surface area contributed by atoms with E-state index in [1.165, 1.54) is 0 Å². The Labute approximate surface area is 70.3 Å². The van der Waals surface area contributed by atoms with Gasteiger partial charge in [0.2, 0.25) is 0 Å². The lowest BCUT2D eigenvalue weighted by atomic mass is 10.1. The van der Waals surface area contributed by atoms with Gasteiger partial charge in [-0.05, 0) is 12.1 Å². The van der Waals surface area contributed by atoms with E-state index in [1.54, 1.807) is 0 Å². The highest BCUT2D eigenvalue weighted by atomic mass is 16.5. The summed E-state index contributed by atoms with van der Waals surface area (Å²) in [7, 11) is 0. The van der Waals surface area contributed by atoms with Crippen LogP contribution in [-0.4, -0.2) is 24.2 Å². The molecule has 3 heteroatoms. The fourth-order valence-electron chi connectivity index (χ4n) is 1.27. The highest BCUT2D eigenvalue weighted by Crippen LogP contribution is 2.24. The molecular formula is C9H9NO2. The number of rotatable bonds is 1. The van der Waals surface area contributed by atoms with Crippen LogP contribution >= 0.6 is 0 Å². The average molecular weight is 163 g/mol. The summed E-state index contributed by atoms with van der Waals surface area (Å²) in [5.74, 6) is 0.852. The number of para-hydroxylation sites is 1. The largest absolute Gasteiger partial charge is 0.487 e. The third kappa shape index (κ3) is 1.08. The molecule has 3 nitrogen and oxygen atoms in total. The molecule has 0 saturated carbocycles. The highest BCUT2D eigenvalue weighted by molar-refractivity contribution is 6.06. The molecule has 1 aromatic carbocycles. The van der Waals surface area contributed by atoms with E-state index in [4.69, 9.17) is 9.84 Å². The molecule has 0 spiro atoms. The second-order valence-electron chi connectivity index (χ2n) is 2.53. The number of aliphatic imine (C=N–C) groups is 1. The van der Waals surface area contributed by atoms with Crippen molar-refractivity contribution in [3.63, 3.8) is 0 Å². The molecule has 1 N–H and O–H groups in total. The lowest BCUT2D eigenvalue weighted by molar-refractivity contribution is 0.308. The Morgan fingerprint density at radius 3 is 3.08 bits per heavy atom. The summed E-state index contributed by atoms with van der Waals surface area (Å²) < 4.78 is 5.32. The van der Waals surface area contributed by atoms with Gasteiger partial charge in [-0.25, -0.2) is 0 Å². The van der Waals surface area contributed by atoms with Gasteiger partial charge in [-0.1, -0.05) is 12.1 Å². The Bertz CT molecular complexity index is 320. The van der Waals surface area contributed by atoms with Gasteiger partial charge in [-0.3, -0.25) is 4.99 Å². The maximum Gasteiger partial charge on any atom is 0.134 e. The van der Waals surface area contributed by atoms with E-state index >= 15 is 0 Å². The van der Waals surface area contributed by atoms with E-state index < -0.39 is 0 Å².